The molecule has 4 N–H and O–H groups in total. The van der Waals surface area contributed by atoms with E-state index in [-0.39, 0.29) is 5.91 Å². The first kappa shape index (κ1) is 9.48. The first-order chi connectivity index (χ1) is 5.63. The Balaban J connectivity index is 2.30. The molecule has 1 fully saturated rings. The molecule has 70 valence electrons. The van der Waals surface area contributed by atoms with E-state index in [9.17, 15) is 4.79 Å². The Hall–Kier alpha value is -0.610. The van der Waals surface area contributed by atoms with E-state index in [1.807, 2.05) is 0 Å². The molecular weight excluding hydrogens is 154 g/mol. The molecular formula is C8H17N3O. The van der Waals surface area contributed by atoms with Crippen LogP contribution in [0.5, 0.6) is 0 Å². The predicted molar refractivity (Wildman–Crippen MR) is 47.4 cm³/mol. The molecule has 0 spiro atoms. The Morgan fingerprint density at radius 3 is 2.58 bits per heavy atom. The van der Waals surface area contributed by atoms with Gasteiger partial charge in [0.15, 0.2) is 0 Å². The molecule has 0 radical (unpaired) electrons. The Bertz CT molecular complexity index is 166. The molecule has 4 nitrogen and oxygen atoms in total. The van der Waals surface area contributed by atoms with E-state index in [2.05, 4.69) is 11.8 Å². The monoisotopic (exact) mass is 171 g/mol. The summed E-state index contributed by atoms with van der Waals surface area (Å²) in [5, 5.41) is 0. The molecule has 4 heteroatoms. The van der Waals surface area contributed by atoms with Crippen LogP contribution in [0.25, 0.3) is 0 Å². The lowest BCUT2D eigenvalue weighted by molar-refractivity contribution is -0.119. The highest BCUT2D eigenvalue weighted by Gasteiger charge is 2.29. The van der Waals surface area contributed by atoms with Gasteiger partial charge in [0.1, 0.15) is 0 Å². The van der Waals surface area contributed by atoms with Gasteiger partial charge in [0.25, 0.3) is 0 Å². The number of primary amides is 1. The van der Waals surface area contributed by atoms with Crippen LogP contribution >= 0.6 is 0 Å². The molecule has 1 saturated heterocycles. The first-order valence-electron chi connectivity index (χ1n) is 4.41. The van der Waals surface area contributed by atoms with Crippen LogP contribution in [0.3, 0.4) is 0 Å². The van der Waals surface area contributed by atoms with Gasteiger partial charge in [-0.05, 0) is 6.42 Å². The van der Waals surface area contributed by atoms with Gasteiger partial charge in [-0.25, -0.2) is 0 Å². The molecule has 0 aromatic carbocycles. The number of carbonyl (C=O) groups excluding carboxylic acids is 1. The maximum Gasteiger partial charge on any atom is 0.218 e. The van der Waals surface area contributed by atoms with Crippen molar-refractivity contribution in [3.63, 3.8) is 0 Å². The Labute approximate surface area is 72.9 Å². The van der Waals surface area contributed by atoms with Gasteiger partial charge >= 0.3 is 0 Å². The highest BCUT2D eigenvalue weighted by atomic mass is 16.1. The second kappa shape index (κ2) is 3.87. The fraction of sp³-hybridized carbons (Fsp3) is 0.875. The Morgan fingerprint density at radius 1 is 1.67 bits per heavy atom. The highest BCUT2D eigenvalue weighted by Crippen LogP contribution is 2.15. The minimum atomic E-state index is -0.220. The van der Waals surface area contributed by atoms with Crippen molar-refractivity contribution in [2.75, 3.05) is 13.1 Å². The normalized spacial score (nSPS) is 21.8. The van der Waals surface area contributed by atoms with Crippen LogP contribution in [0.2, 0.25) is 0 Å². The smallest absolute Gasteiger partial charge is 0.218 e. The molecule has 1 aliphatic rings. The number of hydrogen-bond acceptors (Lipinski definition) is 3. The van der Waals surface area contributed by atoms with Gasteiger partial charge in [-0.1, -0.05) is 6.92 Å². The van der Waals surface area contributed by atoms with Gasteiger partial charge in [-0.15, -0.1) is 0 Å². The van der Waals surface area contributed by atoms with Crippen LogP contribution < -0.4 is 11.5 Å². The average molecular weight is 171 g/mol. The zero-order valence-corrected chi connectivity index (χ0v) is 7.49. The zero-order valence-electron chi connectivity index (χ0n) is 7.49. The number of likely N-dealkylation sites (tertiary alicyclic amines) is 1. The van der Waals surface area contributed by atoms with Gasteiger partial charge in [-0.2, -0.15) is 0 Å². The summed E-state index contributed by atoms with van der Waals surface area (Å²) in [5.74, 6) is -0.220. The fourth-order valence-electron chi connectivity index (χ4n) is 1.61. The van der Waals surface area contributed by atoms with Crippen LogP contribution in [-0.4, -0.2) is 36.0 Å². The standard InChI is InChI=1S/C8H17N3O/c1-2-7(3-8(10)12)11-4-6(9)5-11/h6-7H,2-5,9H2,1H3,(H2,10,12). The van der Waals surface area contributed by atoms with Gasteiger partial charge in [0, 0.05) is 31.6 Å². The van der Waals surface area contributed by atoms with Gasteiger partial charge in [0.05, 0.1) is 0 Å². The van der Waals surface area contributed by atoms with Gasteiger partial charge in [-0.3, -0.25) is 9.69 Å². The lowest BCUT2D eigenvalue weighted by atomic mass is 10.0. The van der Waals surface area contributed by atoms with E-state index < -0.39 is 0 Å². The summed E-state index contributed by atoms with van der Waals surface area (Å²) in [7, 11) is 0. The van der Waals surface area contributed by atoms with Crippen LogP contribution in [0, 0.1) is 0 Å². The highest BCUT2D eigenvalue weighted by molar-refractivity contribution is 5.74. The Morgan fingerprint density at radius 2 is 2.25 bits per heavy atom. The lowest BCUT2D eigenvalue weighted by Gasteiger charge is -2.42. The molecule has 1 heterocycles. The molecule has 0 saturated carbocycles. The van der Waals surface area contributed by atoms with Crippen molar-refractivity contribution in [1.29, 1.82) is 0 Å². The molecule has 0 aromatic rings. The van der Waals surface area contributed by atoms with Crippen molar-refractivity contribution < 1.29 is 4.79 Å². The van der Waals surface area contributed by atoms with Crippen LogP contribution in [-0.2, 0) is 4.79 Å². The van der Waals surface area contributed by atoms with Gasteiger partial charge in [0.2, 0.25) is 5.91 Å². The number of carbonyl (C=O) groups is 1. The van der Waals surface area contributed by atoms with E-state index in [0.29, 0.717) is 18.5 Å². The number of nitrogens with zero attached hydrogens (tertiary/aromatic N) is 1. The SMILES string of the molecule is CCC(CC(N)=O)N1CC(N)C1. The molecule has 0 bridgehead atoms. The third-order valence-corrected chi connectivity index (χ3v) is 2.36. The maximum atomic E-state index is 10.7. The molecule has 0 aliphatic carbocycles. The van der Waals surface area contributed by atoms with E-state index in [0.717, 1.165) is 19.5 Å². The summed E-state index contributed by atoms with van der Waals surface area (Å²) in [6, 6.07) is 0.606. The van der Waals surface area contributed by atoms with Crippen LogP contribution in [0.1, 0.15) is 19.8 Å². The summed E-state index contributed by atoms with van der Waals surface area (Å²) < 4.78 is 0. The van der Waals surface area contributed by atoms with E-state index in [1.165, 1.54) is 0 Å². The third kappa shape index (κ3) is 2.19. The van der Waals surface area contributed by atoms with Crippen molar-refractivity contribution >= 4 is 5.91 Å². The largest absolute Gasteiger partial charge is 0.370 e. The number of nitrogens with two attached hydrogens (primary N) is 2. The third-order valence-electron chi connectivity index (χ3n) is 2.36. The molecule has 12 heavy (non-hydrogen) atoms. The molecule has 1 amide bonds. The summed E-state index contributed by atoms with van der Waals surface area (Å²) in [6.07, 6.45) is 1.43. The van der Waals surface area contributed by atoms with E-state index >= 15 is 0 Å². The van der Waals surface area contributed by atoms with Crippen LogP contribution in [0.15, 0.2) is 0 Å². The summed E-state index contributed by atoms with van der Waals surface area (Å²) in [4.78, 5) is 12.9. The predicted octanol–water partition coefficient (Wildman–Crippen LogP) is -0.717. The topological polar surface area (TPSA) is 72.4 Å². The molecule has 1 atom stereocenters. The number of hydrogen-bond donors (Lipinski definition) is 2. The minimum Gasteiger partial charge on any atom is -0.370 e. The molecule has 1 aliphatic heterocycles. The van der Waals surface area contributed by atoms with E-state index in [4.69, 9.17) is 11.5 Å². The second-order valence-electron chi connectivity index (χ2n) is 3.45. The fourth-order valence-corrected chi connectivity index (χ4v) is 1.61. The lowest BCUT2D eigenvalue weighted by Crippen LogP contribution is -2.59. The maximum absolute atomic E-state index is 10.7. The van der Waals surface area contributed by atoms with Crippen molar-refractivity contribution in [2.24, 2.45) is 11.5 Å². The van der Waals surface area contributed by atoms with Crippen LogP contribution in [0.4, 0.5) is 0 Å². The minimum absolute atomic E-state index is 0.220. The molecule has 0 aromatic heterocycles. The number of rotatable bonds is 4. The zero-order chi connectivity index (χ0) is 9.14. The first-order valence-corrected chi connectivity index (χ1v) is 4.41. The van der Waals surface area contributed by atoms with E-state index in [1.54, 1.807) is 0 Å². The van der Waals surface area contributed by atoms with Crippen molar-refractivity contribution in [3.05, 3.63) is 0 Å². The van der Waals surface area contributed by atoms with Crippen molar-refractivity contribution in [2.45, 2.75) is 31.8 Å². The molecule has 1 rings (SSSR count). The van der Waals surface area contributed by atoms with Gasteiger partial charge < -0.3 is 11.5 Å². The van der Waals surface area contributed by atoms with Crippen molar-refractivity contribution in [1.82, 2.24) is 4.90 Å². The Kier molecular flexibility index (Phi) is 3.05. The summed E-state index contributed by atoms with van der Waals surface area (Å²) in [6.45, 7) is 3.88. The average Bonchev–Trinajstić information content (AvgIpc) is 1.94. The second-order valence-corrected chi connectivity index (χ2v) is 3.45. The summed E-state index contributed by atoms with van der Waals surface area (Å²) >= 11 is 0. The molecule has 1 unspecified atom stereocenters. The summed E-state index contributed by atoms with van der Waals surface area (Å²) in [5.41, 5.74) is 10.8. The quantitative estimate of drug-likeness (QED) is 0.586. The van der Waals surface area contributed by atoms with Crippen molar-refractivity contribution in [3.8, 4) is 0 Å². The number of amides is 1.